The van der Waals surface area contributed by atoms with Crippen molar-refractivity contribution in [1.29, 1.82) is 0 Å². The number of hydrogen-bond acceptors (Lipinski definition) is 7. The van der Waals surface area contributed by atoms with Gasteiger partial charge < -0.3 is 29.7 Å². The topological polar surface area (TPSA) is 125 Å². The Labute approximate surface area is 309 Å². The predicted molar refractivity (Wildman–Crippen MR) is 199 cm³/mol. The van der Waals surface area contributed by atoms with Crippen LogP contribution in [0.3, 0.4) is 0 Å². The first-order chi connectivity index (χ1) is 24.4. The number of alkyl halides is 1. The second-order valence-corrected chi connectivity index (χ2v) is 15.2. The van der Waals surface area contributed by atoms with E-state index < -0.39 is 53.5 Å². The predicted octanol–water partition coefficient (Wildman–Crippen LogP) is 5.34. The monoisotopic (exact) mass is 763 g/mol. The van der Waals surface area contributed by atoms with Crippen molar-refractivity contribution in [2.24, 2.45) is 17.8 Å². The van der Waals surface area contributed by atoms with Crippen molar-refractivity contribution in [1.82, 2.24) is 10.2 Å². The Balaban J connectivity index is 1.56. The van der Waals surface area contributed by atoms with Gasteiger partial charge in [0, 0.05) is 23.5 Å². The van der Waals surface area contributed by atoms with Crippen molar-refractivity contribution in [3.8, 4) is 0 Å². The summed E-state index contributed by atoms with van der Waals surface area (Å²) in [6.45, 7) is 15.1. The number of para-hydroxylation sites is 1. The Kier molecular flexibility index (Phi) is 12.2. The maximum Gasteiger partial charge on any atom is 0.306 e. The van der Waals surface area contributed by atoms with Gasteiger partial charge in [0.1, 0.15) is 18.2 Å². The third-order valence-corrected chi connectivity index (χ3v) is 11.7. The molecular formula is C40H50BrN3O7. The third-order valence-electron chi connectivity index (χ3n) is 10.9. The number of ether oxygens (including phenoxy) is 2. The molecule has 5 rings (SSSR count). The molecule has 274 valence electrons. The van der Waals surface area contributed by atoms with Gasteiger partial charge >= 0.3 is 5.97 Å². The molecule has 3 fully saturated rings. The number of allylic oxidation sites excluding steroid dienone is 1. The smallest absolute Gasteiger partial charge is 0.306 e. The highest BCUT2D eigenvalue weighted by Crippen LogP contribution is 2.61. The average molecular weight is 765 g/mol. The number of nitrogens with zero attached hydrogens (tertiary/aromatic N) is 2. The Morgan fingerprint density at radius 3 is 2.43 bits per heavy atom. The molecule has 1 unspecified atom stereocenters. The molecule has 0 saturated carbocycles. The molecule has 0 radical (unpaired) electrons. The summed E-state index contributed by atoms with van der Waals surface area (Å²) < 4.78 is 12.4. The molecule has 3 amide bonds. The van der Waals surface area contributed by atoms with Gasteiger partial charge in [0.2, 0.25) is 11.8 Å². The minimum atomic E-state index is -1.34. The molecule has 3 heterocycles. The number of nitrogens with one attached hydrogen (secondary N) is 1. The van der Waals surface area contributed by atoms with Crippen LogP contribution in [0.25, 0.3) is 0 Å². The molecule has 2 N–H and O–H groups in total. The van der Waals surface area contributed by atoms with Crippen LogP contribution in [0.15, 0.2) is 73.8 Å². The van der Waals surface area contributed by atoms with E-state index in [0.717, 1.165) is 22.4 Å². The first-order valence-corrected chi connectivity index (χ1v) is 18.7. The summed E-state index contributed by atoms with van der Waals surface area (Å²) in [4.78, 5) is 59.9. The molecule has 0 aliphatic carbocycles. The number of halogens is 1. The van der Waals surface area contributed by atoms with Gasteiger partial charge in [-0.3, -0.25) is 19.2 Å². The van der Waals surface area contributed by atoms with Gasteiger partial charge in [-0.15, -0.1) is 13.2 Å². The number of amides is 3. The number of carbonyl (C=O) groups is 4. The zero-order valence-electron chi connectivity index (χ0n) is 29.9. The first-order valence-electron chi connectivity index (χ1n) is 17.8. The molecule has 1 spiro atoms. The summed E-state index contributed by atoms with van der Waals surface area (Å²) in [5.74, 6) is -3.68. The number of anilines is 1. The van der Waals surface area contributed by atoms with Crippen LogP contribution in [0.1, 0.15) is 62.3 Å². The number of fused-ring (bicyclic) bond motifs is 1. The fourth-order valence-electron chi connectivity index (χ4n) is 8.26. The maximum atomic E-state index is 15.2. The van der Waals surface area contributed by atoms with E-state index >= 15 is 4.79 Å². The van der Waals surface area contributed by atoms with E-state index in [9.17, 15) is 19.5 Å². The van der Waals surface area contributed by atoms with E-state index in [-0.39, 0.29) is 48.7 Å². The lowest BCUT2D eigenvalue weighted by atomic mass is 9.70. The molecule has 3 saturated heterocycles. The molecule has 51 heavy (non-hydrogen) atoms. The van der Waals surface area contributed by atoms with Crippen LogP contribution >= 0.6 is 15.9 Å². The van der Waals surface area contributed by atoms with E-state index in [1.807, 2.05) is 76.2 Å². The summed E-state index contributed by atoms with van der Waals surface area (Å²) in [5.41, 5.74) is 1.89. The quantitative estimate of drug-likeness (QED) is 0.134. The average Bonchev–Trinajstić information content (AvgIpc) is 3.72. The SMILES string of the molecule is C=CCCC(=O)OC[C@H](NC(=O)[C@@H]1[C@H]2O[C@@]3(CC2Br)[C@H](C(=O)N(CC=C)c2c(C)cccc2C)N([C@@H](CO)[C@@H](C)CC)C(=O)[C@@H]13)c1ccccc1. The van der Waals surface area contributed by atoms with Gasteiger partial charge in [0.25, 0.3) is 5.91 Å². The van der Waals surface area contributed by atoms with Crippen molar-refractivity contribution in [2.45, 2.75) is 88.0 Å². The summed E-state index contributed by atoms with van der Waals surface area (Å²) in [6, 6.07) is 12.5. The molecule has 2 bridgehead atoms. The second-order valence-electron chi connectivity index (χ2n) is 14.0. The lowest BCUT2D eigenvalue weighted by Gasteiger charge is -2.41. The lowest BCUT2D eigenvalue weighted by molar-refractivity contribution is -0.147. The Morgan fingerprint density at radius 1 is 1.14 bits per heavy atom. The van der Waals surface area contributed by atoms with Crippen molar-refractivity contribution in [3.63, 3.8) is 0 Å². The molecule has 3 aliphatic rings. The Hall–Kier alpha value is -3.80. The zero-order chi connectivity index (χ0) is 37.0. The Bertz CT molecular complexity index is 1610. The van der Waals surface area contributed by atoms with Gasteiger partial charge in [-0.1, -0.05) is 96.9 Å². The van der Waals surface area contributed by atoms with Crippen molar-refractivity contribution >= 4 is 45.3 Å². The van der Waals surface area contributed by atoms with E-state index in [1.165, 1.54) is 4.90 Å². The second kappa shape index (κ2) is 16.3. The number of aliphatic hydroxyl groups excluding tert-OH is 1. The third kappa shape index (κ3) is 7.17. The number of rotatable bonds is 16. The van der Waals surface area contributed by atoms with Gasteiger partial charge in [0.05, 0.1) is 36.6 Å². The molecule has 11 heteroatoms. The fourth-order valence-corrected chi connectivity index (χ4v) is 9.20. The lowest BCUT2D eigenvalue weighted by Crippen LogP contribution is -2.60. The van der Waals surface area contributed by atoms with E-state index in [1.54, 1.807) is 17.1 Å². The molecule has 10 nitrogen and oxygen atoms in total. The van der Waals surface area contributed by atoms with Gasteiger partial charge in [-0.05, 0) is 49.3 Å². The van der Waals surface area contributed by atoms with E-state index in [4.69, 9.17) is 9.47 Å². The van der Waals surface area contributed by atoms with Crippen LogP contribution in [0, 0.1) is 31.6 Å². The number of benzene rings is 2. The van der Waals surface area contributed by atoms with Gasteiger partial charge in [0.15, 0.2) is 0 Å². The largest absolute Gasteiger partial charge is 0.463 e. The summed E-state index contributed by atoms with van der Waals surface area (Å²) in [6.07, 6.45) is 4.20. The number of carbonyl (C=O) groups excluding carboxylic acids is 4. The van der Waals surface area contributed by atoms with Crippen LogP contribution in [0.2, 0.25) is 0 Å². The molecule has 3 aliphatic heterocycles. The van der Waals surface area contributed by atoms with Crippen molar-refractivity contribution in [2.75, 3.05) is 24.7 Å². The van der Waals surface area contributed by atoms with Crippen LogP contribution < -0.4 is 10.2 Å². The minimum Gasteiger partial charge on any atom is -0.463 e. The zero-order valence-corrected chi connectivity index (χ0v) is 31.5. The molecule has 0 aromatic heterocycles. The standard InChI is InChI=1S/C40H50BrN3O7/c1-7-10-19-31(46)50-23-29(27-17-12-11-13-18-27)42-37(47)32-33-38(48)44(30(22-45)24(4)9-3)36(40(33)21-28(41)35(32)51-40)39(49)43(20-8-2)34-25(5)15-14-16-26(34)6/h7-8,11-18,24,28-30,32-33,35-36,45H,1-2,9-10,19-23H2,3-6H3,(H,42,47)/t24-,28?,29-,30-,32-,33+,35-,36-,40+/m0/s1. The highest BCUT2D eigenvalue weighted by molar-refractivity contribution is 9.09. The first kappa shape index (κ1) is 38.4. The molecule has 2 aromatic rings. The molecular weight excluding hydrogens is 714 g/mol. The van der Waals surface area contributed by atoms with Crippen molar-refractivity contribution < 1.29 is 33.8 Å². The summed E-state index contributed by atoms with van der Waals surface area (Å²) in [5, 5.41) is 13.9. The van der Waals surface area contributed by atoms with E-state index in [2.05, 4.69) is 34.4 Å². The van der Waals surface area contributed by atoms with Crippen molar-refractivity contribution in [3.05, 3.63) is 90.5 Å². The maximum absolute atomic E-state index is 15.2. The van der Waals surface area contributed by atoms with Crippen LogP contribution in [-0.2, 0) is 28.7 Å². The highest BCUT2D eigenvalue weighted by Gasteiger charge is 2.77. The van der Waals surface area contributed by atoms with Gasteiger partial charge in [-0.25, -0.2) is 0 Å². The molecule has 2 aromatic carbocycles. The fraction of sp³-hybridized carbons (Fsp3) is 0.500. The number of aryl methyl sites for hydroxylation is 2. The van der Waals surface area contributed by atoms with Crippen LogP contribution in [-0.4, -0.2) is 82.1 Å². The van der Waals surface area contributed by atoms with E-state index in [0.29, 0.717) is 19.3 Å². The minimum absolute atomic E-state index is 0.106. The highest BCUT2D eigenvalue weighted by atomic mass is 79.9. The number of hydrogen-bond donors (Lipinski definition) is 2. The normalized spacial score (nSPS) is 26.6. The summed E-state index contributed by atoms with van der Waals surface area (Å²) in [7, 11) is 0. The number of aliphatic hydroxyl groups is 1. The Morgan fingerprint density at radius 2 is 1.82 bits per heavy atom. The van der Waals surface area contributed by atoms with Crippen LogP contribution in [0.5, 0.6) is 0 Å². The number of likely N-dealkylation sites (tertiary alicyclic amines) is 1. The van der Waals surface area contributed by atoms with Gasteiger partial charge in [-0.2, -0.15) is 0 Å². The van der Waals surface area contributed by atoms with Crippen LogP contribution in [0.4, 0.5) is 5.69 Å². The number of esters is 1. The summed E-state index contributed by atoms with van der Waals surface area (Å²) >= 11 is 3.77. The molecule has 9 atom stereocenters.